The first-order chi connectivity index (χ1) is 14.4. The molecule has 0 saturated heterocycles. The summed E-state index contributed by atoms with van der Waals surface area (Å²) in [5, 5.41) is 16.3. The number of nitro groups is 1. The molecule has 3 aromatic rings. The Bertz CT molecular complexity index is 1070. The van der Waals surface area contributed by atoms with Crippen molar-refractivity contribution in [1.29, 1.82) is 0 Å². The van der Waals surface area contributed by atoms with E-state index < -0.39 is 22.8 Å². The summed E-state index contributed by atoms with van der Waals surface area (Å²) < 4.78 is 0. The lowest BCUT2D eigenvalue weighted by Gasteiger charge is -2.17. The molecular formula is C19H18ClN5O4S. The van der Waals surface area contributed by atoms with Crippen molar-refractivity contribution in [1.82, 2.24) is 15.3 Å². The van der Waals surface area contributed by atoms with Crippen LogP contribution in [-0.4, -0.2) is 44.8 Å². The van der Waals surface area contributed by atoms with Crippen LogP contribution < -0.4 is 10.6 Å². The molecule has 11 heteroatoms. The summed E-state index contributed by atoms with van der Waals surface area (Å²) in [6.07, 6.45) is 2.24. The molecular weight excluding hydrogens is 430 g/mol. The molecule has 1 heterocycles. The van der Waals surface area contributed by atoms with Crippen molar-refractivity contribution in [3.63, 3.8) is 0 Å². The highest BCUT2D eigenvalue weighted by molar-refractivity contribution is 7.98. The van der Waals surface area contributed by atoms with E-state index in [-0.39, 0.29) is 22.2 Å². The predicted octanol–water partition coefficient (Wildman–Crippen LogP) is 3.61. The highest BCUT2D eigenvalue weighted by atomic mass is 35.5. The zero-order valence-electron chi connectivity index (χ0n) is 15.8. The molecule has 0 saturated carbocycles. The van der Waals surface area contributed by atoms with Crippen molar-refractivity contribution in [2.45, 2.75) is 12.5 Å². The Morgan fingerprint density at radius 2 is 2.07 bits per heavy atom. The fourth-order valence-electron chi connectivity index (χ4n) is 2.76. The SMILES string of the molecule is CSCCC(NC(=O)c1cc([N+](=O)[O-])ccc1Cl)C(=O)Nc1nc2ccccc2[nH]1. The van der Waals surface area contributed by atoms with Crippen LogP contribution in [0.2, 0.25) is 5.02 Å². The summed E-state index contributed by atoms with van der Waals surface area (Å²) >= 11 is 7.55. The smallest absolute Gasteiger partial charge is 0.270 e. The van der Waals surface area contributed by atoms with Gasteiger partial charge in [0.1, 0.15) is 6.04 Å². The standard InChI is InChI=1S/C19H18ClN5O4S/c1-30-9-8-16(18(27)24-19-22-14-4-2-3-5-15(14)23-19)21-17(26)12-10-11(25(28)29)6-7-13(12)20/h2-7,10,16H,8-9H2,1H3,(H,21,26)(H2,22,23,24,27). The summed E-state index contributed by atoms with van der Waals surface area (Å²) in [6, 6.07) is 10.00. The number of aromatic nitrogens is 2. The van der Waals surface area contributed by atoms with Gasteiger partial charge in [0.25, 0.3) is 11.6 Å². The van der Waals surface area contributed by atoms with Gasteiger partial charge in [-0.05, 0) is 36.6 Å². The van der Waals surface area contributed by atoms with Gasteiger partial charge in [0.05, 0.1) is 26.5 Å². The molecule has 0 spiro atoms. The van der Waals surface area contributed by atoms with Crippen molar-refractivity contribution in [2.24, 2.45) is 0 Å². The third kappa shape index (κ3) is 5.08. The molecule has 3 N–H and O–H groups in total. The van der Waals surface area contributed by atoms with Gasteiger partial charge in [-0.25, -0.2) is 4.98 Å². The molecule has 2 amide bonds. The molecule has 156 valence electrons. The molecule has 0 aliphatic rings. The monoisotopic (exact) mass is 447 g/mol. The van der Waals surface area contributed by atoms with Gasteiger partial charge in [0, 0.05) is 12.1 Å². The number of aromatic amines is 1. The summed E-state index contributed by atoms with van der Waals surface area (Å²) in [5.41, 5.74) is 1.12. The fraction of sp³-hybridized carbons (Fsp3) is 0.211. The molecule has 0 radical (unpaired) electrons. The quantitative estimate of drug-likeness (QED) is 0.357. The predicted molar refractivity (Wildman–Crippen MR) is 117 cm³/mol. The number of hydrogen-bond donors (Lipinski definition) is 3. The molecule has 1 unspecified atom stereocenters. The van der Waals surface area contributed by atoms with Gasteiger partial charge < -0.3 is 10.3 Å². The molecule has 30 heavy (non-hydrogen) atoms. The van der Waals surface area contributed by atoms with Crippen LogP contribution in [0.25, 0.3) is 11.0 Å². The number of non-ortho nitro benzene ring substituents is 1. The first kappa shape index (κ1) is 21.6. The van der Waals surface area contributed by atoms with Gasteiger partial charge in [-0.3, -0.25) is 25.0 Å². The lowest BCUT2D eigenvalue weighted by Crippen LogP contribution is -2.44. The second kappa shape index (κ2) is 9.59. The molecule has 9 nitrogen and oxygen atoms in total. The number of thioether (sulfide) groups is 1. The third-order valence-corrected chi connectivity index (χ3v) is 5.24. The molecule has 1 atom stereocenters. The van der Waals surface area contributed by atoms with Crippen LogP contribution in [0, 0.1) is 10.1 Å². The lowest BCUT2D eigenvalue weighted by molar-refractivity contribution is -0.384. The molecule has 3 rings (SSSR count). The average Bonchev–Trinajstić information content (AvgIpc) is 3.13. The van der Waals surface area contributed by atoms with Gasteiger partial charge in [-0.1, -0.05) is 23.7 Å². The lowest BCUT2D eigenvalue weighted by atomic mass is 10.1. The Morgan fingerprint density at radius 1 is 1.30 bits per heavy atom. The summed E-state index contributed by atoms with van der Waals surface area (Å²) in [7, 11) is 0. The summed E-state index contributed by atoms with van der Waals surface area (Å²) in [4.78, 5) is 43.1. The highest BCUT2D eigenvalue weighted by Gasteiger charge is 2.24. The van der Waals surface area contributed by atoms with Crippen LogP contribution in [0.4, 0.5) is 11.6 Å². The van der Waals surface area contributed by atoms with Gasteiger partial charge in [0.15, 0.2) is 0 Å². The Balaban J connectivity index is 1.78. The molecule has 0 aliphatic carbocycles. The Hall–Kier alpha value is -3.11. The van der Waals surface area contributed by atoms with Crippen LogP contribution in [0.5, 0.6) is 0 Å². The number of amides is 2. The van der Waals surface area contributed by atoms with E-state index in [0.29, 0.717) is 17.7 Å². The topological polar surface area (TPSA) is 130 Å². The number of nitro benzene ring substituents is 1. The number of benzene rings is 2. The van der Waals surface area contributed by atoms with Crippen molar-refractivity contribution in [2.75, 3.05) is 17.3 Å². The zero-order chi connectivity index (χ0) is 21.7. The van der Waals surface area contributed by atoms with E-state index in [9.17, 15) is 19.7 Å². The highest BCUT2D eigenvalue weighted by Crippen LogP contribution is 2.22. The first-order valence-electron chi connectivity index (χ1n) is 8.88. The minimum absolute atomic E-state index is 0.0550. The largest absolute Gasteiger partial charge is 0.340 e. The van der Waals surface area contributed by atoms with Crippen molar-refractivity contribution in [3.8, 4) is 0 Å². The number of nitrogens with one attached hydrogen (secondary N) is 3. The minimum atomic E-state index is -0.881. The van der Waals surface area contributed by atoms with Crippen LogP contribution in [0.15, 0.2) is 42.5 Å². The zero-order valence-corrected chi connectivity index (χ0v) is 17.4. The van der Waals surface area contributed by atoms with Crippen LogP contribution in [-0.2, 0) is 4.79 Å². The molecule has 2 aromatic carbocycles. The maximum absolute atomic E-state index is 12.8. The van der Waals surface area contributed by atoms with E-state index in [2.05, 4.69) is 20.6 Å². The number of hydrogen-bond acceptors (Lipinski definition) is 6. The van der Waals surface area contributed by atoms with E-state index in [1.807, 2.05) is 24.5 Å². The van der Waals surface area contributed by atoms with Gasteiger partial charge in [0.2, 0.25) is 11.9 Å². The Morgan fingerprint density at radius 3 is 2.77 bits per heavy atom. The Labute approximate surface area is 180 Å². The number of carbonyl (C=O) groups excluding carboxylic acids is 2. The van der Waals surface area contributed by atoms with Crippen LogP contribution in [0.3, 0.4) is 0 Å². The number of fused-ring (bicyclic) bond motifs is 1. The van der Waals surface area contributed by atoms with Crippen molar-refractivity contribution in [3.05, 3.63) is 63.2 Å². The molecule has 0 bridgehead atoms. The van der Waals surface area contributed by atoms with E-state index in [1.165, 1.54) is 23.9 Å². The first-order valence-corrected chi connectivity index (χ1v) is 10.7. The van der Waals surface area contributed by atoms with Gasteiger partial charge >= 0.3 is 0 Å². The second-order valence-electron chi connectivity index (χ2n) is 6.32. The molecule has 0 fully saturated rings. The second-order valence-corrected chi connectivity index (χ2v) is 7.71. The van der Waals surface area contributed by atoms with Gasteiger partial charge in [-0.15, -0.1) is 0 Å². The number of halogens is 1. The van der Waals surface area contributed by atoms with Gasteiger partial charge in [-0.2, -0.15) is 11.8 Å². The number of imidazole rings is 1. The number of H-pyrrole nitrogens is 1. The van der Waals surface area contributed by atoms with Crippen molar-refractivity contribution >= 4 is 57.8 Å². The van der Waals surface area contributed by atoms with E-state index >= 15 is 0 Å². The van der Waals surface area contributed by atoms with E-state index in [4.69, 9.17) is 11.6 Å². The molecule has 1 aromatic heterocycles. The number of nitrogens with zero attached hydrogens (tertiary/aromatic N) is 2. The third-order valence-electron chi connectivity index (χ3n) is 4.27. The van der Waals surface area contributed by atoms with E-state index in [1.54, 1.807) is 6.07 Å². The number of carbonyl (C=O) groups is 2. The maximum atomic E-state index is 12.8. The summed E-state index contributed by atoms with van der Waals surface area (Å²) in [6.45, 7) is 0. The molecule has 0 aliphatic heterocycles. The van der Waals surface area contributed by atoms with Crippen molar-refractivity contribution < 1.29 is 14.5 Å². The average molecular weight is 448 g/mol. The normalized spacial score (nSPS) is 11.8. The van der Waals surface area contributed by atoms with E-state index in [0.717, 1.165) is 11.6 Å². The maximum Gasteiger partial charge on any atom is 0.270 e. The number of para-hydroxylation sites is 2. The summed E-state index contributed by atoms with van der Waals surface area (Å²) in [5.74, 6) is -0.258. The number of anilines is 1. The van der Waals surface area contributed by atoms with Crippen LogP contribution >= 0.6 is 23.4 Å². The Kier molecular flexibility index (Phi) is 6.91. The minimum Gasteiger partial charge on any atom is -0.340 e. The van der Waals surface area contributed by atoms with Crippen LogP contribution in [0.1, 0.15) is 16.8 Å². The number of rotatable bonds is 8. The fourth-order valence-corrected chi connectivity index (χ4v) is 3.43.